The molecular formula is C12H11N3S. The molecule has 0 unspecified atom stereocenters. The summed E-state index contributed by atoms with van der Waals surface area (Å²) in [5.41, 5.74) is 8.23. The van der Waals surface area contributed by atoms with E-state index < -0.39 is 0 Å². The van der Waals surface area contributed by atoms with Gasteiger partial charge in [-0.3, -0.25) is 4.98 Å². The Labute approximate surface area is 99.3 Å². The van der Waals surface area contributed by atoms with E-state index in [2.05, 4.69) is 10.3 Å². The maximum Gasteiger partial charge on any atom is 0.106 e. The predicted octanol–water partition coefficient (Wildman–Crippen LogP) is 2.46. The molecule has 3 N–H and O–H groups in total. The highest BCUT2D eigenvalue weighted by Gasteiger charge is 2.04. The first-order valence-corrected chi connectivity index (χ1v) is 5.24. The number of thiocarbonyl (C=S) groups is 1. The van der Waals surface area contributed by atoms with Crippen LogP contribution >= 0.6 is 12.2 Å². The standard InChI is InChI=1S/C12H11N3S/c13-12(16)10-6-7-14-8-11(10)15-9-4-2-1-3-5-9/h1-8,15H,(H2,13,16). The van der Waals surface area contributed by atoms with E-state index in [1.165, 1.54) is 0 Å². The summed E-state index contributed by atoms with van der Waals surface area (Å²) in [5, 5.41) is 3.22. The zero-order chi connectivity index (χ0) is 11.4. The van der Waals surface area contributed by atoms with Crippen molar-refractivity contribution in [3.05, 3.63) is 54.4 Å². The van der Waals surface area contributed by atoms with Crippen LogP contribution in [-0.4, -0.2) is 9.97 Å². The zero-order valence-corrected chi connectivity index (χ0v) is 9.37. The summed E-state index contributed by atoms with van der Waals surface area (Å²) in [5.74, 6) is 0. The highest BCUT2D eigenvalue weighted by Crippen LogP contribution is 2.19. The lowest BCUT2D eigenvalue weighted by molar-refractivity contribution is 1.31. The van der Waals surface area contributed by atoms with Crippen molar-refractivity contribution in [3.8, 4) is 0 Å². The van der Waals surface area contributed by atoms with Crippen LogP contribution in [0.5, 0.6) is 0 Å². The average molecular weight is 229 g/mol. The van der Waals surface area contributed by atoms with Gasteiger partial charge in [0.2, 0.25) is 0 Å². The molecule has 1 heterocycles. The molecule has 2 rings (SSSR count). The SMILES string of the molecule is NC(=S)c1ccncc1Nc1ccccc1. The molecule has 2 aromatic rings. The van der Waals surface area contributed by atoms with E-state index in [4.69, 9.17) is 18.0 Å². The van der Waals surface area contributed by atoms with Crippen molar-refractivity contribution < 1.29 is 0 Å². The monoisotopic (exact) mass is 229 g/mol. The zero-order valence-electron chi connectivity index (χ0n) is 8.55. The Hall–Kier alpha value is -1.94. The van der Waals surface area contributed by atoms with Crippen LogP contribution in [0.3, 0.4) is 0 Å². The summed E-state index contributed by atoms with van der Waals surface area (Å²) >= 11 is 4.98. The molecule has 3 nitrogen and oxygen atoms in total. The summed E-state index contributed by atoms with van der Waals surface area (Å²) in [6.07, 6.45) is 3.38. The third-order valence-electron chi connectivity index (χ3n) is 2.14. The lowest BCUT2D eigenvalue weighted by Crippen LogP contribution is -2.12. The lowest BCUT2D eigenvalue weighted by atomic mass is 10.2. The Bertz CT molecular complexity index is 497. The number of nitrogens with zero attached hydrogens (tertiary/aromatic N) is 1. The van der Waals surface area contributed by atoms with E-state index in [-0.39, 0.29) is 0 Å². The number of nitrogens with one attached hydrogen (secondary N) is 1. The number of aromatic nitrogens is 1. The van der Waals surface area contributed by atoms with Crippen LogP contribution in [0.4, 0.5) is 11.4 Å². The van der Waals surface area contributed by atoms with Gasteiger partial charge in [0.05, 0.1) is 11.9 Å². The molecule has 80 valence electrons. The van der Waals surface area contributed by atoms with Gasteiger partial charge in [0, 0.05) is 17.4 Å². The Morgan fingerprint density at radius 2 is 1.94 bits per heavy atom. The van der Waals surface area contributed by atoms with Crippen molar-refractivity contribution in [2.75, 3.05) is 5.32 Å². The number of pyridine rings is 1. The van der Waals surface area contributed by atoms with Crippen molar-refractivity contribution in [1.29, 1.82) is 0 Å². The number of para-hydroxylation sites is 1. The largest absolute Gasteiger partial charge is 0.389 e. The van der Waals surface area contributed by atoms with Crippen LogP contribution in [0.1, 0.15) is 5.56 Å². The second kappa shape index (κ2) is 4.72. The minimum Gasteiger partial charge on any atom is -0.389 e. The molecule has 0 amide bonds. The molecule has 0 saturated carbocycles. The average Bonchev–Trinajstić information content (AvgIpc) is 2.31. The maximum absolute atomic E-state index is 5.63. The minimum atomic E-state index is 0.362. The fourth-order valence-electron chi connectivity index (χ4n) is 1.39. The first kappa shape index (κ1) is 10.6. The van der Waals surface area contributed by atoms with E-state index in [1.807, 2.05) is 30.3 Å². The molecular weight excluding hydrogens is 218 g/mol. The van der Waals surface area contributed by atoms with Gasteiger partial charge in [-0.2, -0.15) is 0 Å². The number of anilines is 2. The topological polar surface area (TPSA) is 50.9 Å². The Kier molecular flexibility index (Phi) is 3.12. The molecule has 0 spiro atoms. The molecule has 0 atom stereocenters. The molecule has 0 aliphatic heterocycles. The van der Waals surface area contributed by atoms with E-state index in [1.54, 1.807) is 18.5 Å². The number of hydrogen-bond donors (Lipinski definition) is 2. The summed E-state index contributed by atoms with van der Waals surface area (Å²) in [7, 11) is 0. The molecule has 0 saturated heterocycles. The normalized spacial score (nSPS) is 9.75. The van der Waals surface area contributed by atoms with Crippen molar-refractivity contribution in [2.45, 2.75) is 0 Å². The predicted molar refractivity (Wildman–Crippen MR) is 69.8 cm³/mol. The van der Waals surface area contributed by atoms with Gasteiger partial charge in [-0.1, -0.05) is 30.4 Å². The maximum atomic E-state index is 5.63. The van der Waals surface area contributed by atoms with Crippen molar-refractivity contribution >= 4 is 28.6 Å². The molecule has 1 aromatic heterocycles. The van der Waals surface area contributed by atoms with Gasteiger partial charge in [0.1, 0.15) is 4.99 Å². The molecule has 1 aromatic carbocycles. The Balaban J connectivity index is 2.31. The molecule has 0 aliphatic rings. The molecule has 0 bridgehead atoms. The van der Waals surface area contributed by atoms with Gasteiger partial charge in [-0.25, -0.2) is 0 Å². The first-order chi connectivity index (χ1) is 7.77. The molecule has 0 radical (unpaired) electrons. The highest BCUT2D eigenvalue weighted by molar-refractivity contribution is 7.80. The van der Waals surface area contributed by atoms with Crippen LogP contribution in [0.15, 0.2) is 48.8 Å². The number of hydrogen-bond acceptors (Lipinski definition) is 3. The van der Waals surface area contributed by atoms with Gasteiger partial charge in [0.25, 0.3) is 0 Å². The Morgan fingerprint density at radius 3 is 2.62 bits per heavy atom. The third kappa shape index (κ3) is 2.35. The second-order valence-corrected chi connectivity index (χ2v) is 3.72. The van der Waals surface area contributed by atoms with Gasteiger partial charge in [-0.15, -0.1) is 0 Å². The van der Waals surface area contributed by atoms with Gasteiger partial charge in [0.15, 0.2) is 0 Å². The highest BCUT2D eigenvalue weighted by atomic mass is 32.1. The van der Waals surface area contributed by atoms with E-state index in [0.29, 0.717) is 4.99 Å². The van der Waals surface area contributed by atoms with Gasteiger partial charge >= 0.3 is 0 Å². The first-order valence-electron chi connectivity index (χ1n) is 4.83. The lowest BCUT2D eigenvalue weighted by Gasteiger charge is -2.09. The van der Waals surface area contributed by atoms with Crippen LogP contribution < -0.4 is 11.1 Å². The summed E-state index contributed by atoms with van der Waals surface area (Å²) < 4.78 is 0. The smallest absolute Gasteiger partial charge is 0.106 e. The molecule has 0 aliphatic carbocycles. The van der Waals surface area contributed by atoms with E-state index >= 15 is 0 Å². The minimum absolute atomic E-state index is 0.362. The quantitative estimate of drug-likeness (QED) is 0.794. The summed E-state index contributed by atoms with van der Waals surface area (Å²) in [6, 6.07) is 11.6. The number of nitrogens with two attached hydrogens (primary N) is 1. The van der Waals surface area contributed by atoms with Crippen LogP contribution in [0.2, 0.25) is 0 Å². The van der Waals surface area contributed by atoms with Crippen LogP contribution in [0.25, 0.3) is 0 Å². The second-order valence-electron chi connectivity index (χ2n) is 3.28. The Morgan fingerprint density at radius 1 is 1.19 bits per heavy atom. The van der Waals surface area contributed by atoms with E-state index in [0.717, 1.165) is 16.9 Å². The summed E-state index contributed by atoms with van der Waals surface area (Å²) in [6.45, 7) is 0. The third-order valence-corrected chi connectivity index (χ3v) is 2.36. The van der Waals surface area contributed by atoms with Gasteiger partial charge < -0.3 is 11.1 Å². The number of benzene rings is 1. The van der Waals surface area contributed by atoms with Crippen molar-refractivity contribution in [1.82, 2.24) is 4.98 Å². The molecule has 0 fully saturated rings. The van der Waals surface area contributed by atoms with Crippen molar-refractivity contribution in [2.24, 2.45) is 5.73 Å². The molecule has 4 heteroatoms. The van der Waals surface area contributed by atoms with Crippen molar-refractivity contribution in [3.63, 3.8) is 0 Å². The van der Waals surface area contributed by atoms with Crippen LogP contribution in [0, 0.1) is 0 Å². The van der Waals surface area contributed by atoms with Crippen LogP contribution in [-0.2, 0) is 0 Å². The fourth-order valence-corrected chi connectivity index (χ4v) is 1.56. The molecule has 16 heavy (non-hydrogen) atoms. The fraction of sp³-hybridized carbons (Fsp3) is 0. The number of rotatable bonds is 3. The van der Waals surface area contributed by atoms with E-state index in [9.17, 15) is 0 Å². The van der Waals surface area contributed by atoms with Gasteiger partial charge in [-0.05, 0) is 18.2 Å². The summed E-state index contributed by atoms with van der Waals surface area (Å²) in [4.78, 5) is 4.41.